The van der Waals surface area contributed by atoms with E-state index in [1.54, 1.807) is 6.07 Å². The first-order valence-corrected chi connectivity index (χ1v) is 13.9. The smallest absolute Gasteiger partial charge is 0.177 e. The van der Waals surface area contributed by atoms with Crippen molar-refractivity contribution in [3.63, 3.8) is 0 Å². The van der Waals surface area contributed by atoms with Gasteiger partial charge in [-0.15, -0.1) is 0 Å². The molecule has 0 unspecified atom stereocenters. The molecule has 0 saturated heterocycles. The van der Waals surface area contributed by atoms with Crippen LogP contribution < -0.4 is 4.90 Å². The van der Waals surface area contributed by atoms with Crippen LogP contribution >= 0.6 is 0 Å². The van der Waals surface area contributed by atoms with Crippen LogP contribution in [0.25, 0.3) is 31.9 Å². The van der Waals surface area contributed by atoms with E-state index in [0.717, 1.165) is 28.2 Å². The van der Waals surface area contributed by atoms with Crippen molar-refractivity contribution in [3.05, 3.63) is 185 Å². The van der Waals surface area contributed by atoms with Crippen molar-refractivity contribution in [2.75, 3.05) is 4.90 Å². The van der Waals surface area contributed by atoms with Crippen LogP contribution in [0.2, 0.25) is 0 Å². The number of nitrogens with zero attached hydrogens (tertiary/aromatic N) is 3. The molecule has 194 valence electrons. The molecule has 0 bridgehead atoms. The lowest BCUT2D eigenvalue weighted by Gasteiger charge is -2.45. The van der Waals surface area contributed by atoms with Crippen molar-refractivity contribution >= 4 is 28.4 Å². The minimum atomic E-state index is -0.423. The molecule has 3 heteroatoms. The number of anilines is 3. The number of fused-ring (bicyclic) bond motifs is 9. The van der Waals surface area contributed by atoms with Crippen molar-refractivity contribution in [2.24, 2.45) is 0 Å². The number of rotatable bonds is 2. The van der Waals surface area contributed by atoms with Crippen molar-refractivity contribution in [1.82, 2.24) is 0 Å². The Labute approximate surface area is 245 Å². The number of hydrogen-bond acceptors (Lipinski definition) is 1. The van der Waals surface area contributed by atoms with Gasteiger partial charge in [-0.05, 0) is 68.8 Å². The summed E-state index contributed by atoms with van der Waals surface area (Å²) in [6, 6.07) is 49.0. The highest BCUT2D eigenvalue weighted by atomic mass is 15.2. The molecule has 0 saturated carbocycles. The van der Waals surface area contributed by atoms with Gasteiger partial charge < -0.3 is 4.90 Å². The Morgan fingerprint density at radius 2 is 0.905 bits per heavy atom. The van der Waals surface area contributed by atoms with E-state index in [1.165, 1.54) is 33.4 Å². The molecular formula is C39H23N3. The SMILES string of the molecule is [C-]#[N+]c1cc([N+]#[C-])cc(-c2ccc(N3c4ccccc4C4(c5ccccc5-c5ccccc54)c4ccccc43)cc2)c1. The summed E-state index contributed by atoms with van der Waals surface area (Å²) in [6.07, 6.45) is 0. The van der Waals surface area contributed by atoms with Crippen molar-refractivity contribution in [2.45, 2.75) is 5.41 Å². The first kappa shape index (κ1) is 23.9. The average molecular weight is 534 g/mol. The van der Waals surface area contributed by atoms with E-state index in [-0.39, 0.29) is 0 Å². The van der Waals surface area contributed by atoms with Crippen LogP contribution in [0.15, 0.2) is 140 Å². The minimum absolute atomic E-state index is 0.423. The summed E-state index contributed by atoms with van der Waals surface area (Å²) in [5, 5.41) is 0. The summed E-state index contributed by atoms with van der Waals surface area (Å²) in [6.45, 7) is 14.9. The third kappa shape index (κ3) is 3.20. The topological polar surface area (TPSA) is 12.0 Å². The molecule has 6 aromatic carbocycles. The summed E-state index contributed by atoms with van der Waals surface area (Å²) in [4.78, 5) is 9.51. The van der Waals surface area contributed by atoms with Gasteiger partial charge in [-0.2, -0.15) is 0 Å². The maximum absolute atomic E-state index is 7.46. The first-order chi connectivity index (χ1) is 20.7. The first-order valence-electron chi connectivity index (χ1n) is 13.9. The van der Waals surface area contributed by atoms with E-state index >= 15 is 0 Å². The van der Waals surface area contributed by atoms with E-state index in [0.29, 0.717) is 11.4 Å². The highest BCUT2D eigenvalue weighted by Gasteiger charge is 2.51. The van der Waals surface area contributed by atoms with E-state index in [2.05, 4.69) is 136 Å². The average Bonchev–Trinajstić information content (AvgIpc) is 3.36. The summed E-state index contributed by atoms with van der Waals surface area (Å²) in [5.41, 5.74) is 13.5. The maximum atomic E-state index is 7.46. The van der Waals surface area contributed by atoms with Crippen LogP contribution in [0.1, 0.15) is 22.3 Å². The van der Waals surface area contributed by atoms with Crippen LogP contribution in [0, 0.1) is 13.1 Å². The highest BCUT2D eigenvalue weighted by molar-refractivity contribution is 5.95. The maximum Gasteiger partial charge on any atom is 0.177 e. The Morgan fingerprint density at radius 3 is 1.40 bits per heavy atom. The van der Waals surface area contributed by atoms with Gasteiger partial charge in [-0.1, -0.05) is 115 Å². The molecule has 1 heterocycles. The minimum Gasteiger partial charge on any atom is -0.310 e. The molecule has 42 heavy (non-hydrogen) atoms. The van der Waals surface area contributed by atoms with Crippen LogP contribution in [0.5, 0.6) is 0 Å². The summed E-state index contributed by atoms with van der Waals surface area (Å²) in [5.74, 6) is 0. The Kier molecular flexibility index (Phi) is 5.17. The molecule has 6 aromatic rings. The van der Waals surface area contributed by atoms with Gasteiger partial charge in [-0.25, -0.2) is 9.69 Å². The standard InChI is InChI=1S/C39H23N3/c1-40-28-23-27(24-29(25-28)41-2)26-19-21-30(22-20-26)42-37-17-9-7-15-35(37)39(36-16-8-10-18-38(36)42)33-13-5-3-11-31(33)32-12-4-6-14-34(32)39/h3-25H. The molecule has 1 aliphatic carbocycles. The van der Waals surface area contributed by atoms with Crippen molar-refractivity contribution in [1.29, 1.82) is 0 Å². The fourth-order valence-electron chi connectivity index (χ4n) is 7.03. The molecule has 0 fully saturated rings. The predicted octanol–water partition coefficient (Wildman–Crippen LogP) is 10.6. The third-order valence-electron chi connectivity index (χ3n) is 8.67. The molecule has 3 nitrogen and oxygen atoms in total. The lowest BCUT2D eigenvalue weighted by molar-refractivity contribution is 0.752. The molecule has 1 spiro atoms. The molecule has 0 radical (unpaired) electrons. The van der Waals surface area contributed by atoms with Gasteiger partial charge in [-0.3, -0.25) is 0 Å². The molecule has 0 amide bonds. The van der Waals surface area contributed by atoms with Gasteiger partial charge in [0.2, 0.25) is 0 Å². The number of hydrogen-bond donors (Lipinski definition) is 0. The zero-order valence-corrected chi connectivity index (χ0v) is 22.6. The van der Waals surface area contributed by atoms with Gasteiger partial charge in [0.1, 0.15) is 0 Å². The lowest BCUT2D eigenvalue weighted by Crippen LogP contribution is -2.36. The molecule has 2 aliphatic rings. The normalized spacial score (nSPS) is 13.3. The van der Waals surface area contributed by atoms with E-state index in [9.17, 15) is 0 Å². The van der Waals surface area contributed by atoms with Crippen LogP contribution in [-0.2, 0) is 5.41 Å². The van der Waals surface area contributed by atoms with Gasteiger partial charge in [0.25, 0.3) is 0 Å². The second kappa shape index (κ2) is 9.07. The van der Waals surface area contributed by atoms with E-state index in [4.69, 9.17) is 13.1 Å². The highest BCUT2D eigenvalue weighted by Crippen LogP contribution is 2.63. The van der Waals surface area contributed by atoms with Gasteiger partial charge >= 0.3 is 0 Å². The Balaban J connectivity index is 1.35. The summed E-state index contributed by atoms with van der Waals surface area (Å²) in [7, 11) is 0. The summed E-state index contributed by atoms with van der Waals surface area (Å²) >= 11 is 0. The molecular weight excluding hydrogens is 510 g/mol. The predicted molar refractivity (Wildman–Crippen MR) is 170 cm³/mol. The largest absolute Gasteiger partial charge is 0.310 e. The number of benzene rings is 6. The van der Waals surface area contributed by atoms with Crippen LogP contribution in [0.4, 0.5) is 28.4 Å². The van der Waals surface area contributed by atoms with Gasteiger partial charge in [0.15, 0.2) is 11.4 Å². The van der Waals surface area contributed by atoms with Gasteiger partial charge in [0, 0.05) is 5.69 Å². The molecule has 8 rings (SSSR count). The Bertz CT molecular complexity index is 2000. The van der Waals surface area contributed by atoms with Crippen LogP contribution in [-0.4, -0.2) is 0 Å². The zero-order valence-electron chi connectivity index (χ0n) is 22.6. The second-order valence-electron chi connectivity index (χ2n) is 10.7. The number of para-hydroxylation sites is 2. The quantitative estimate of drug-likeness (QED) is 0.201. The van der Waals surface area contributed by atoms with E-state index in [1.807, 2.05) is 12.1 Å². The van der Waals surface area contributed by atoms with Crippen molar-refractivity contribution < 1.29 is 0 Å². The molecule has 0 atom stereocenters. The molecule has 1 aliphatic heterocycles. The van der Waals surface area contributed by atoms with E-state index < -0.39 is 5.41 Å². The fourth-order valence-corrected chi connectivity index (χ4v) is 7.03. The zero-order chi connectivity index (χ0) is 28.3. The molecule has 0 N–H and O–H groups in total. The molecule has 0 aromatic heterocycles. The third-order valence-corrected chi connectivity index (χ3v) is 8.67. The second-order valence-corrected chi connectivity index (χ2v) is 10.7. The van der Waals surface area contributed by atoms with Crippen LogP contribution in [0.3, 0.4) is 0 Å². The Morgan fingerprint density at radius 1 is 0.452 bits per heavy atom. The fraction of sp³-hybridized carbons (Fsp3) is 0.0256. The monoisotopic (exact) mass is 533 g/mol. The van der Waals surface area contributed by atoms with Crippen molar-refractivity contribution in [3.8, 4) is 22.3 Å². The lowest BCUT2D eigenvalue weighted by atomic mass is 9.64. The Hall–Kier alpha value is -5.90. The summed E-state index contributed by atoms with van der Waals surface area (Å²) < 4.78 is 0. The van der Waals surface area contributed by atoms with Gasteiger partial charge in [0.05, 0.1) is 29.9 Å².